The molecule has 5 heteroatoms. The summed E-state index contributed by atoms with van der Waals surface area (Å²) in [6.45, 7) is 3.59. The zero-order chi connectivity index (χ0) is 17.0. The van der Waals surface area contributed by atoms with Crippen molar-refractivity contribution in [3.8, 4) is 0 Å². The van der Waals surface area contributed by atoms with Crippen LogP contribution >= 0.6 is 11.8 Å². The lowest BCUT2D eigenvalue weighted by molar-refractivity contribution is 0.0937. The minimum absolute atomic E-state index is 0.152. The zero-order valence-electron chi connectivity index (χ0n) is 13.4. The number of benzene rings is 2. The van der Waals surface area contributed by atoms with Crippen molar-refractivity contribution in [1.29, 1.82) is 0 Å². The molecule has 0 saturated heterocycles. The Kier molecular flexibility index (Phi) is 5.65. The van der Waals surface area contributed by atoms with Crippen LogP contribution in [0.3, 0.4) is 0 Å². The monoisotopic (exact) mass is 348 g/mol. The molecule has 23 heavy (non-hydrogen) atoms. The fraction of sp³-hybridized carbons (Fsp3) is 0.278. The van der Waals surface area contributed by atoms with Gasteiger partial charge in [0.15, 0.2) is 15.6 Å². The van der Waals surface area contributed by atoms with E-state index in [0.29, 0.717) is 5.56 Å². The van der Waals surface area contributed by atoms with Gasteiger partial charge in [-0.2, -0.15) is 0 Å². The number of rotatable bonds is 6. The van der Waals surface area contributed by atoms with Crippen molar-refractivity contribution in [3.63, 3.8) is 0 Å². The molecule has 0 N–H and O–H groups in total. The van der Waals surface area contributed by atoms with Crippen molar-refractivity contribution in [1.82, 2.24) is 0 Å². The Bertz CT molecular complexity index is 766. The summed E-state index contributed by atoms with van der Waals surface area (Å²) < 4.78 is 25.0. The third-order valence-electron chi connectivity index (χ3n) is 3.77. The van der Waals surface area contributed by atoms with Gasteiger partial charge in [0.05, 0.1) is 4.90 Å². The summed E-state index contributed by atoms with van der Waals surface area (Å²) in [7, 11) is -3.58. The first kappa shape index (κ1) is 17.8. The molecule has 0 heterocycles. The molecule has 0 aliphatic rings. The van der Waals surface area contributed by atoms with Gasteiger partial charge >= 0.3 is 0 Å². The Labute approximate surface area is 142 Å². The maximum Gasteiger partial charge on any atom is 0.191 e. The molecule has 0 fully saturated rings. The third kappa shape index (κ3) is 3.85. The topological polar surface area (TPSA) is 51.2 Å². The standard InChI is InChI=1S/C18H20O3S2/c1-13-9-11-16(12-10-13)23(20,21)18(22-3)14(2)17(19)15-7-5-4-6-8-15/h4-12,14,18H,1-3H3. The van der Waals surface area contributed by atoms with E-state index < -0.39 is 20.3 Å². The molecule has 122 valence electrons. The predicted molar refractivity (Wildman–Crippen MR) is 95.6 cm³/mol. The molecule has 0 radical (unpaired) electrons. The Morgan fingerprint density at radius 3 is 2.09 bits per heavy atom. The molecule has 3 nitrogen and oxygen atoms in total. The van der Waals surface area contributed by atoms with Crippen molar-refractivity contribution in [3.05, 3.63) is 65.7 Å². The molecule has 0 spiro atoms. The van der Waals surface area contributed by atoms with E-state index in [1.807, 2.05) is 13.0 Å². The van der Waals surface area contributed by atoms with Crippen LogP contribution in [-0.4, -0.2) is 25.0 Å². The highest BCUT2D eigenvalue weighted by molar-refractivity contribution is 8.13. The highest BCUT2D eigenvalue weighted by Crippen LogP contribution is 2.31. The summed E-state index contributed by atoms with van der Waals surface area (Å²) in [5.41, 5.74) is 1.54. The van der Waals surface area contributed by atoms with Crippen LogP contribution in [0.25, 0.3) is 0 Å². The Morgan fingerprint density at radius 1 is 1.00 bits per heavy atom. The van der Waals surface area contributed by atoms with E-state index in [0.717, 1.165) is 5.56 Å². The summed E-state index contributed by atoms with van der Waals surface area (Å²) in [5.74, 6) is -0.778. The van der Waals surface area contributed by atoms with Crippen LogP contribution < -0.4 is 0 Å². The number of ketones is 1. The van der Waals surface area contributed by atoms with E-state index in [-0.39, 0.29) is 10.7 Å². The molecule has 0 amide bonds. The smallest absolute Gasteiger partial charge is 0.191 e. The van der Waals surface area contributed by atoms with Gasteiger partial charge in [-0.25, -0.2) is 8.42 Å². The lowest BCUT2D eigenvalue weighted by atomic mass is 10.0. The van der Waals surface area contributed by atoms with Gasteiger partial charge in [0.1, 0.15) is 4.58 Å². The number of hydrogen-bond acceptors (Lipinski definition) is 4. The average molecular weight is 348 g/mol. The van der Waals surface area contributed by atoms with Gasteiger partial charge in [-0.1, -0.05) is 55.0 Å². The summed E-state index contributed by atoms with van der Waals surface area (Å²) in [5, 5.41) is 0. The summed E-state index contributed by atoms with van der Waals surface area (Å²) in [6, 6.07) is 15.6. The van der Waals surface area contributed by atoms with Gasteiger partial charge in [0, 0.05) is 11.5 Å². The molecule has 0 bridgehead atoms. The predicted octanol–water partition coefficient (Wildman–Crippen LogP) is 3.98. The van der Waals surface area contributed by atoms with E-state index in [1.165, 1.54) is 11.8 Å². The van der Waals surface area contributed by atoms with Gasteiger partial charge in [-0.05, 0) is 25.3 Å². The van der Waals surface area contributed by atoms with Crippen molar-refractivity contribution in [2.75, 3.05) is 6.26 Å². The van der Waals surface area contributed by atoms with Crippen molar-refractivity contribution >= 4 is 27.4 Å². The van der Waals surface area contributed by atoms with Crippen LogP contribution in [0.1, 0.15) is 22.8 Å². The third-order valence-corrected chi connectivity index (χ3v) is 7.93. The largest absolute Gasteiger partial charge is 0.294 e. The number of Topliss-reactive ketones (excluding diaryl/α,β-unsaturated/α-hetero) is 1. The minimum Gasteiger partial charge on any atom is -0.294 e. The number of carbonyl (C=O) groups excluding carboxylic acids is 1. The van der Waals surface area contributed by atoms with E-state index in [1.54, 1.807) is 61.7 Å². The number of thioether (sulfide) groups is 1. The summed E-state index contributed by atoms with van der Waals surface area (Å²) in [6.07, 6.45) is 1.73. The van der Waals surface area contributed by atoms with Crippen molar-refractivity contribution < 1.29 is 13.2 Å². The molecular weight excluding hydrogens is 328 g/mol. The first-order chi connectivity index (χ1) is 10.9. The molecule has 2 aromatic rings. The molecule has 0 aliphatic carbocycles. The number of carbonyl (C=O) groups is 1. The molecule has 2 unspecified atom stereocenters. The van der Waals surface area contributed by atoms with E-state index in [9.17, 15) is 13.2 Å². The van der Waals surface area contributed by atoms with Crippen molar-refractivity contribution in [2.45, 2.75) is 23.3 Å². The van der Waals surface area contributed by atoms with E-state index in [4.69, 9.17) is 0 Å². The highest BCUT2D eigenvalue weighted by atomic mass is 32.3. The molecule has 0 saturated carbocycles. The lowest BCUT2D eigenvalue weighted by Gasteiger charge is -2.21. The maximum atomic E-state index is 12.9. The van der Waals surface area contributed by atoms with Crippen molar-refractivity contribution in [2.24, 2.45) is 5.92 Å². The van der Waals surface area contributed by atoms with Crippen LogP contribution in [0.4, 0.5) is 0 Å². The van der Waals surface area contributed by atoms with Gasteiger partial charge in [0.2, 0.25) is 0 Å². The van der Waals surface area contributed by atoms with Gasteiger partial charge in [0.25, 0.3) is 0 Å². The highest BCUT2D eigenvalue weighted by Gasteiger charge is 2.35. The second-order valence-corrected chi connectivity index (χ2v) is 8.83. The van der Waals surface area contributed by atoms with Crippen LogP contribution in [-0.2, 0) is 9.84 Å². The van der Waals surface area contributed by atoms with Crippen LogP contribution in [0, 0.1) is 12.8 Å². The molecule has 2 rings (SSSR count). The van der Waals surface area contributed by atoms with E-state index in [2.05, 4.69) is 0 Å². The normalized spacial score (nSPS) is 14.2. The molecule has 2 aromatic carbocycles. The Balaban J connectivity index is 2.34. The fourth-order valence-corrected chi connectivity index (χ4v) is 5.77. The SMILES string of the molecule is CSC(C(C)C(=O)c1ccccc1)S(=O)(=O)c1ccc(C)cc1. The van der Waals surface area contributed by atoms with Gasteiger partial charge in [-0.3, -0.25) is 4.79 Å². The Hall–Kier alpha value is -1.59. The van der Waals surface area contributed by atoms with Crippen LogP contribution in [0.5, 0.6) is 0 Å². The molecule has 0 aliphatic heterocycles. The second kappa shape index (κ2) is 7.32. The quantitative estimate of drug-likeness (QED) is 0.741. The Morgan fingerprint density at radius 2 is 1.57 bits per heavy atom. The molecular formula is C18H20O3S2. The molecule has 0 aromatic heterocycles. The number of aryl methyl sites for hydroxylation is 1. The van der Waals surface area contributed by atoms with Crippen LogP contribution in [0.2, 0.25) is 0 Å². The molecule has 2 atom stereocenters. The minimum atomic E-state index is -3.58. The number of sulfone groups is 1. The first-order valence-electron chi connectivity index (χ1n) is 7.30. The maximum absolute atomic E-state index is 12.9. The summed E-state index contributed by atoms with van der Waals surface area (Å²) in [4.78, 5) is 12.9. The second-order valence-electron chi connectivity index (χ2n) is 5.48. The first-order valence-corrected chi connectivity index (χ1v) is 10.1. The number of hydrogen-bond donors (Lipinski definition) is 0. The van der Waals surface area contributed by atoms with E-state index >= 15 is 0 Å². The zero-order valence-corrected chi connectivity index (χ0v) is 15.0. The van der Waals surface area contributed by atoms with Gasteiger partial charge in [-0.15, -0.1) is 11.8 Å². The van der Waals surface area contributed by atoms with Gasteiger partial charge < -0.3 is 0 Å². The lowest BCUT2D eigenvalue weighted by Crippen LogP contribution is -2.30. The fourth-order valence-electron chi connectivity index (χ4n) is 2.45. The average Bonchev–Trinajstić information content (AvgIpc) is 2.55. The van der Waals surface area contributed by atoms with Crippen LogP contribution in [0.15, 0.2) is 59.5 Å². The summed E-state index contributed by atoms with van der Waals surface area (Å²) >= 11 is 1.20.